The second-order valence-electron chi connectivity index (χ2n) is 14.3. The fraction of sp³-hybridized carbons (Fsp3) is 0.806. The first kappa shape index (κ1) is 34.8. The zero-order chi connectivity index (χ0) is 33.2. The van der Waals surface area contributed by atoms with Crippen LogP contribution in [0.5, 0.6) is 0 Å². The molecule has 3 amide bonds. The maximum absolute atomic E-state index is 14.2. The fourth-order valence-electron chi connectivity index (χ4n) is 7.17. The van der Waals surface area contributed by atoms with Crippen LogP contribution in [0.2, 0.25) is 0 Å². The number of rotatable bonds is 5. The van der Waals surface area contributed by atoms with Crippen molar-refractivity contribution in [2.24, 2.45) is 11.8 Å². The van der Waals surface area contributed by atoms with E-state index in [-0.39, 0.29) is 48.5 Å². The summed E-state index contributed by atoms with van der Waals surface area (Å²) in [5.41, 5.74) is 7.76. The number of alkyl carbamates (subject to hydrolysis) is 1. The quantitative estimate of drug-likeness (QED) is 0.187. The molecular weight excluding hydrogens is 618 g/mol. The molecule has 5 aliphatic rings. The number of alkyl halides is 1. The highest BCUT2D eigenvalue weighted by Gasteiger charge is 2.61. The summed E-state index contributed by atoms with van der Waals surface area (Å²) in [6.45, 7) is 5.43. The van der Waals surface area contributed by atoms with Gasteiger partial charge < -0.3 is 30.1 Å². The molecule has 0 aromatic carbocycles. The topological polar surface area (TPSA) is 174 Å². The van der Waals surface area contributed by atoms with Crippen molar-refractivity contribution in [3.8, 4) is 0 Å². The first-order valence-electron chi connectivity index (χ1n) is 16.6. The van der Waals surface area contributed by atoms with Crippen LogP contribution in [0.15, 0.2) is 12.2 Å². The molecule has 0 radical (unpaired) electrons. The number of carboxylic acid groups (broad SMARTS) is 1. The van der Waals surface area contributed by atoms with Crippen LogP contribution in [0.4, 0.5) is 4.79 Å². The highest BCUT2D eigenvalue weighted by Crippen LogP contribution is 2.45. The molecule has 15 heteroatoms. The smallest absolute Gasteiger partial charge is 0.408 e. The first-order valence-corrected chi connectivity index (χ1v) is 17.0. The normalized spacial score (nSPS) is 38.5. The highest BCUT2D eigenvalue weighted by atomic mass is 35.5. The van der Waals surface area contributed by atoms with Gasteiger partial charge in [-0.15, -0.1) is 11.6 Å². The summed E-state index contributed by atoms with van der Waals surface area (Å²) >= 11 is 6.59. The number of hydrogen-bond acceptors (Lipinski definition) is 10. The minimum Gasteiger partial charge on any atom is -0.479 e. The number of halogens is 1. The van der Waals surface area contributed by atoms with E-state index in [1.807, 2.05) is 12.2 Å². The van der Waals surface area contributed by atoms with E-state index in [0.29, 0.717) is 19.3 Å². The number of methoxy groups -OCH3 is 1. The molecule has 258 valence electrons. The largest absolute Gasteiger partial charge is 0.479 e. The van der Waals surface area contributed by atoms with Crippen molar-refractivity contribution in [1.29, 1.82) is 0 Å². The molecule has 9 atom stereocenters. The number of fused-ring (bicyclic) bond motifs is 2. The Morgan fingerprint density at radius 1 is 1.13 bits per heavy atom. The average molecular weight is 668 g/mol. The lowest BCUT2D eigenvalue weighted by atomic mass is 9.85. The summed E-state index contributed by atoms with van der Waals surface area (Å²) in [5, 5.41) is 17.4. The molecule has 46 heavy (non-hydrogen) atoms. The van der Waals surface area contributed by atoms with Gasteiger partial charge in [-0.3, -0.25) is 9.59 Å². The number of carboxylic acids is 1. The number of carbonyl (C=O) groups excluding carboxylic acids is 3. The molecule has 4 fully saturated rings. The Kier molecular flexibility index (Phi) is 10.8. The lowest BCUT2D eigenvalue weighted by Crippen LogP contribution is -2.56. The summed E-state index contributed by atoms with van der Waals surface area (Å²) in [5.74, 6) is -2.10. The zero-order valence-electron chi connectivity index (χ0n) is 27.2. The number of aliphatic carboxylic acids is 1. The number of allylic oxidation sites excluding steroid dienone is 1. The molecule has 5 rings (SSSR count). The number of amides is 3. The van der Waals surface area contributed by atoms with Gasteiger partial charge in [0.1, 0.15) is 23.2 Å². The van der Waals surface area contributed by atoms with E-state index in [9.17, 15) is 24.3 Å². The Bertz CT molecular complexity index is 1180. The predicted molar refractivity (Wildman–Crippen MR) is 169 cm³/mol. The van der Waals surface area contributed by atoms with E-state index in [2.05, 4.69) is 27.0 Å². The van der Waals surface area contributed by atoms with E-state index in [0.717, 1.165) is 38.5 Å². The molecule has 2 aliphatic carbocycles. The number of ether oxygens (including phenoxy) is 2. The van der Waals surface area contributed by atoms with E-state index in [4.69, 9.17) is 21.1 Å². The molecule has 2 saturated carbocycles. The third-order valence-corrected chi connectivity index (χ3v) is 10.3. The predicted octanol–water partition coefficient (Wildman–Crippen LogP) is 1.91. The van der Waals surface area contributed by atoms with Crippen LogP contribution in [0.1, 0.15) is 85.0 Å². The van der Waals surface area contributed by atoms with Gasteiger partial charge in [0.15, 0.2) is 0 Å². The van der Waals surface area contributed by atoms with Crippen molar-refractivity contribution in [2.45, 2.75) is 132 Å². The van der Waals surface area contributed by atoms with Gasteiger partial charge in [0.25, 0.3) is 0 Å². The second-order valence-corrected chi connectivity index (χ2v) is 14.9. The molecule has 6 N–H and O–H groups in total. The van der Waals surface area contributed by atoms with Crippen molar-refractivity contribution in [2.75, 3.05) is 13.7 Å². The molecule has 0 aromatic heterocycles. The van der Waals surface area contributed by atoms with Gasteiger partial charge in [-0.05, 0) is 78.1 Å². The number of nitrogens with one attached hydrogen (secondary N) is 5. The molecule has 3 aliphatic heterocycles. The van der Waals surface area contributed by atoms with Gasteiger partial charge in [-0.25, -0.2) is 20.4 Å². The second kappa shape index (κ2) is 14.3. The Morgan fingerprint density at radius 2 is 1.91 bits per heavy atom. The third-order valence-electron chi connectivity index (χ3n) is 9.84. The maximum Gasteiger partial charge on any atom is 0.408 e. The number of hydrazine groups is 3. The van der Waals surface area contributed by atoms with E-state index in [1.165, 1.54) is 4.90 Å². The van der Waals surface area contributed by atoms with Crippen molar-refractivity contribution in [3.63, 3.8) is 0 Å². The Hall–Kier alpha value is -2.49. The van der Waals surface area contributed by atoms with Gasteiger partial charge in [-0.2, -0.15) is 10.7 Å². The molecule has 0 bridgehead atoms. The monoisotopic (exact) mass is 667 g/mol. The summed E-state index contributed by atoms with van der Waals surface area (Å²) in [6.07, 6.45) is 9.61. The van der Waals surface area contributed by atoms with Crippen LogP contribution >= 0.6 is 11.6 Å². The van der Waals surface area contributed by atoms with Gasteiger partial charge in [0.05, 0.1) is 23.7 Å². The number of carbonyl (C=O) groups is 4. The molecule has 0 spiro atoms. The van der Waals surface area contributed by atoms with E-state index >= 15 is 0 Å². The summed E-state index contributed by atoms with van der Waals surface area (Å²) < 4.78 is 11.0. The SMILES string of the molecule is COC1CCC(C2NNN([C@@H]3C[C@H]4C(=O)N[C@]5(C(=O)O)C[C@H]5/C=C\CCCCC[C@H](NC(=O)OC(C)(C)C)C(=O)N4C3)N2)CC1Cl. The zero-order valence-corrected chi connectivity index (χ0v) is 28.0. The average Bonchev–Trinajstić information content (AvgIpc) is 3.31. The Balaban J connectivity index is 1.35. The van der Waals surface area contributed by atoms with Crippen LogP contribution < -0.4 is 27.0 Å². The standard InChI is InChI=1S/C31H50ClN7O7/c1-30(2,3)46-29(44)33-22-11-9-7-5-6-8-10-19-16-31(19,28(42)43)34-26(40)23-15-20(17-38(23)27(22)41)39-36-25(35-37-39)18-12-13-24(45-4)21(32)14-18/h8,10,18-25,35-37H,5-7,9,11-17H2,1-4H3,(H,33,44)(H,34,40)(H,42,43)/b10-8-/t18?,19-,20-,21?,22+,23+,24?,25?,31-/m1/s1. The number of nitrogens with zero attached hydrogens (tertiary/aromatic N) is 2. The van der Waals surface area contributed by atoms with Gasteiger partial charge in [0.2, 0.25) is 11.8 Å². The number of hydrogen-bond donors (Lipinski definition) is 6. The van der Waals surface area contributed by atoms with Crippen LogP contribution in [0.3, 0.4) is 0 Å². The third kappa shape index (κ3) is 7.96. The minimum absolute atomic E-state index is 0.0176. The van der Waals surface area contributed by atoms with Gasteiger partial charge in [0, 0.05) is 19.6 Å². The Labute approximate surface area is 275 Å². The lowest BCUT2D eigenvalue weighted by Gasteiger charge is -2.34. The summed E-state index contributed by atoms with van der Waals surface area (Å²) in [7, 11) is 1.68. The fourth-order valence-corrected chi connectivity index (χ4v) is 7.63. The molecule has 0 aromatic rings. The molecular formula is C31H50ClN7O7. The van der Waals surface area contributed by atoms with Crippen molar-refractivity contribution >= 4 is 35.5 Å². The lowest BCUT2D eigenvalue weighted by molar-refractivity contribution is -0.145. The minimum atomic E-state index is -1.40. The van der Waals surface area contributed by atoms with Gasteiger partial charge >= 0.3 is 12.1 Å². The van der Waals surface area contributed by atoms with Crippen molar-refractivity contribution in [1.82, 2.24) is 37.0 Å². The summed E-state index contributed by atoms with van der Waals surface area (Å²) in [6, 6.07) is -2.19. The van der Waals surface area contributed by atoms with Crippen molar-refractivity contribution in [3.05, 3.63) is 12.2 Å². The first-order chi connectivity index (χ1) is 21.8. The van der Waals surface area contributed by atoms with Crippen LogP contribution in [0.25, 0.3) is 0 Å². The molecule has 14 nitrogen and oxygen atoms in total. The molecule has 2 saturated heterocycles. The molecule has 3 heterocycles. The Morgan fingerprint density at radius 3 is 2.61 bits per heavy atom. The van der Waals surface area contributed by atoms with Gasteiger partial charge in [-0.1, -0.05) is 25.0 Å². The van der Waals surface area contributed by atoms with Crippen molar-refractivity contribution < 1.29 is 33.8 Å². The van der Waals surface area contributed by atoms with Crippen LogP contribution in [-0.4, -0.2) is 99.6 Å². The maximum atomic E-state index is 14.2. The van der Waals surface area contributed by atoms with Crippen LogP contribution in [0, 0.1) is 11.8 Å². The highest BCUT2D eigenvalue weighted by molar-refractivity contribution is 6.21. The van der Waals surface area contributed by atoms with E-state index in [1.54, 1.807) is 33.0 Å². The summed E-state index contributed by atoms with van der Waals surface area (Å²) in [4.78, 5) is 54.8. The van der Waals surface area contributed by atoms with E-state index < -0.39 is 47.1 Å². The molecule has 4 unspecified atom stereocenters. The van der Waals surface area contributed by atoms with Crippen LogP contribution in [-0.2, 0) is 23.9 Å².